The van der Waals surface area contributed by atoms with Crippen LogP contribution < -0.4 is 24.7 Å². The number of allylic oxidation sites excluding steroid dienone is 1. The summed E-state index contributed by atoms with van der Waals surface area (Å²) in [6, 6.07) is 17.4. The minimum atomic E-state index is -0.236. The maximum absolute atomic E-state index is 13.5. The van der Waals surface area contributed by atoms with E-state index in [1.54, 1.807) is 29.3 Å². The second-order valence-corrected chi connectivity index (χ2v) is 9.42. The fourth-order valence-corrected chi connectivity index (χ4v) is 6.37. The number of benzene rings is 2. The van der Waals surface area contributed by atoms with E-state index in [1.807, 2.05) is 66.5 Å². The van der Waals surface area contributed by atoms with Crippen molar-refractivity contribution in [3.8, 4) is 0 Å². The molecule has 0 unspecified atom stereocenters. The standard InChI is InChI=1S/C24H20N4O2S2/c1-4-14-27-22(30)20(24-26(3)17-12-8-9-13-18(17)31-24)32-23(27)19-15(2)25-28(21(19)29)16-10-6-5-7-11-16/h4-13H,1,14H2,2-3H3. The Hall–Kier alpha value is -3.36. The highest BCUT2D eigenvalue weighted by Crippen LogP contribution is 2.44. The lowest BCUT2D eigenvalue weighted by Gasteiger charge is -2.11. The van der Waals surface area contributed by atoms with Crippen molar-refractivity contribution < 1.29 is 4.79 Å². The Balaban J connectivity index is 1.74. The number of hydrogen-bond donors (Lipinski definition) is 0. The van der Waals surface area contributed by atoms with Crippen molar-refractivity contribution >= 4 is 56.7 Å². The molecule has 0 spiro atoms. The molecule has 2 aromatic carbocycles. The molecule has 0 atom stereocenters. The average molecular weight is 461 g/mol. The number of amides is 1. The number of carbonyl (C=O) groups excluding carboxylic acids is 1. The van der Waals surface area contributed by atoms with Gasteiger partial charge in [-0.25, -0.2) is 0 Å². The minimum Gasteiger partial charge on any atom is -0.337 e. The van der Waals surface area contributed by atoms with E-state index in [9.17, 15) is 9.59 Å². The third-order valence-corrected chi connectivity index (χ3v) is 7.92. The summed E-state index contributed by atoms with van der Waals surface area (Å²) < 4.78 is 2.84. The number of fused-ring (bicyclic) bond motifs is 1. The number of hydrogen-bond acceptors (Lipinski definition) is 6. The molecule has 160 valence electrons. The predicted molar refractivity (Wildman–Crippen MR) is 133 cm³/mol. The molecule has 8 heteroatoms. The summed E-state index contributed by atoms with van der Waals surface area (Å²) in [5, 5.41) is 6.75. The number of thioether (sulfide) groups is 1. The molecule has 0 fully saturated rings. The van der Waals surface area contributed by atoms with Crippen LogP contribution in [0.2, 0.25) is 0 Å². The Labute approximate surface area is 193 Å². The molecule has 3 aromatic rings. The van der Waals surface area contributed by atoms with E-state index in [2.05, 4.69) is 11.7 Å². The number of rotatable bonds is 3. The summed E-state index contributed by atoms with van der Waals surface area (Å²) in [6.45, 7) is 5.92. The van der Waals surface area contributed by atoms with E-state index in [-0.39, 0.29) is 11.5 Å². The predicted octanol–water partition coefficient (Wildman–Crippen LogP) is 2.98. The van der Waals surface area contributed by atoms with Crippen molar-refractivity contribution in [2.24, 2.45) is 5.10 Å². The summed E-state index contributed by atoms with van der Waals surface area (Å²) in [4.78, 5) is 30.0. The molecule has 2 aliphatic rings. The second kappa shape index (κ2) is 7.96. The van der Waals surface area contributed by atoms with Gasteiger partial charge in [0.05, 0.1) is 22.7 Å². The molecule has 0 saturated carbocycles. The van der Waals surface area contributed by atoms with Gasteiger partial charge in [-0.1, -0.05) is 48.2 Å². The monoisotopic (exact) mass is 460 g/mol. The highest BCUT2D eigenvalue weighted by atomic mass is 32.2. The first-order valence-electron chi connectivity index (χ1n) is 10.1. The Morgan fingerprint density at radius 2 is 1.78 bits per heavy atom. The summed E-state index contributed by atoms with van der Waals surface area (Å²) in [7, 11) is 1.96. The molecule has 0 saturated heterocycles. The summed E-state index contributed by atoms with van der Waals surface area (Å²) >= 11 is 2.91. The first kappa shape index (κ1) is 20.5. The van der Waals surface area contributed by atoms with Crippen molar-refractivity contribution in [1.29, 1.82) is 0 Å². The first-order chi connectivity index (χ1) is 15.5. The van der Waals surface area contributed by atoms with E-state index < -0.39 is 0 Å². The van der Waals surface area contributed by atoms with E-state index >= 15 is 0 Å². The number of anilines is 2. The van der Waals surface area contributed by atoms with Crippen LogP contribution in [0.5, 0.6) is 0 Å². The lowest BCUT2D eigenvalue weighted by atomic mass is 10.2. The number of para-hydroxylation sites is 2. The molecular formula is C24H20N4O2S2. The lowest BCUT2D eigenvalue weighted by molar-refractivity contribution is -0.112. The average Bonchev–Trinajstić information content (AvgIpc) is 3.41. The second-order valence-electron chi connectivity index (χ2n) is 7.39. The van der Waals surface area contributed by atoms with Gasteiger partial charge in [0.15, 0.2) is 0 Å². The van der Waals surface area contributed by atoms with Gasteiger partial charge in [-0.15, -0.1) is 17.9 Å². The molecule has 0 aliphatic carbocycles. The molecule has 2 aliphatic heterocycles. The van der Waals surface area contributed by atoms with Gasteiger partial charge in [0.25, 0.3) is 11.5 Å². The first-order valence-corrected chi connectivity index (χ1v) is 11.7. The van der Waals surface area contributed by atoms with E-state index in [1.165, 1.54) is 16.3 Å². The van der Waals surface area contributed by atoms with Crippen LogP contribution in [0.1, 0.15) is 6.92 Å². The number of carbonyl (C=O) groups is 1. The molecule has 5 rings (SSSR count). The molecular weight excluding hydrogens is 440 g/mol. The van der Waals surface area contributed by atoms with Crippen molar-refractivity contribution in [3.05, 3.63) is 86.8 Å². The Kier molecular flexibility index (Phi) is 5.11. The molecule has 0 N–H and O–H groups in total. The van der Waals surface area contributed by atoms with E-state index in [0.717, 1.165) is 15.6 Å². The summed E-state index contributed by atoms with van der Waals surface area (Å²) in [5.74, 6) is -0.236. The van der Waals surface area contributed by atoms with Crippen LogP contribution in [0.15, 0.2) is 82.0 Å². The quantitative estimate of drug-likeness (QED) is 0.564. The van der Waals surface area contributed by atoms with Crippen molar-refractivity contribution in [2.45, 2.75) is 18.4 Å². The van der Waals surface area contributed by atoms with Crippen LogP contribution in [0.25, 0.3) is 10.6 Å². The number of thiazole rings is 1. The SMILES string of the molecule is C=CCn1c(=C2C(=O)N(c3ccccc3)N=C2C)sc(=C2Sc3ccccc3N2C)c1=O. The van der Waals surface area contributed by atoms with Crippen LogP contribution in [-0.4, -0.2) is 23.2 Å². The number of hydrazone groups is 1. The molecule has 6 nitrogen and oxygen atoms in total. The smallest absolute Gasteiger partial charge is 0.283 e. The maximum atomic E-state index is 13.5. The van der Waals surface area contributed by atoms with Crippen LogP contribution in [0.3, 0.4) is 0 Å². The number of aromatic nitrogens is 1. The zero-order valence-electron chi connectivity index (χ0n) is 17.6. The summed E-state index contributed by atoms with van der Waals surface area (Å²) in [6.07, 6.45) is 1.67. The van der Waals surface area contributed by atoms with E-state index in [0.29, 0.717) is 32.7 Å². The molecule has 1 aromatic heterocycles. The zero-order valence-corrected chi connectivity index (χ0v) is 19.2. The normalized spacial score (nSPS) is 18.8. The van der Waals surface area contributed by atoms with Gasteiger partial charge < -0.3 is 4.90 Å². The fraction of sp³-hybridized carbons (Fsp3) is 0.125. The van der Waals surface area contributed by atoms with Crippen LogP contribution in [0, 0.1) is 0 Å². The highest BCUT2D eigenvalue weighted by Gasteiger charge is 2.32. The number of nitrogens with zero attached hydrogens (tertiary/aromatic N) is 4. The third kappa shape index (κ3) is 3.14. The zero-order chi connectivity index (χ0) is 22.4. The van der Waals surface area contributed by atoms with Gasteiger partial charge in [0, 0.05) is 18.5 Å². The van der Waals surface area contributed by atoms with Crippen LogP contribution >= 0.6 is 23.1 Å². The largest absolute Gasteiger partial charge is 0.337 e. The summed E-state index contributed by atoms with van der Waals surface area (Å²) in [5.41, 5.74) is 2.67. The van der Waals surface area contributed by atoms with Crippen LogP contribution in [-0.2, 0) is 11.3 Å². The maximum Gasteiger partial charge on any atom is 0.283 e. The molecule has 3 heterocycles. The van der Waals surface area contributed by atoms with Gasteiger partial charge in [0.2, 0.25) is 0 Å². The van der Waals surface area contributed by atoms with E-state index in [4.69, 9.17) is 0 Å². The molecule has 0 bridgehead atoms. The minimum absolute atomic E-state index is 0.127. The van der Waals surface area contributed by atoms with Crippen LogP contribution in [0.4, 0.5) is 11.4 Å². The Bertz CT molecular complexity index is 1470. The Morgan fingerprint density at radius 3 is 2.50 bits per heavy atom. The van der Waals surface area contributed by atoms with Gasteiger partial charge in [0.1, 0.15) is 14.2 Å². The fourth-order valence-electron chi connectivity index (χ4n) is 3.82. The van der Waals surface area contributed by atoms with Crippen molar-refractivity contribution in [2.75, 3.05) is 17.0 Å². The van der Waals surface area contributed by atoms with Crippen molar-refractivity contribution in [1.82, 2.24) is 4.57 Å². The molecule has 1 amide bonds. The van der Waals surface area contributed by atoms with Gasteiger partial charge >= 0.3 is 0 Å². The molecule has 32 heavy (non-hydrogen) atoms. The Morgan fingerprint density at radius 1 is 1.06 bits per heavy atom. The van der Waals surface area contributed by atoms with Gasteiger partial charge in [-0.2, -0.15) is 10.1 Å². The highest BCUT2D eigenvalue weighted by molar-refractivity contribution is 8.08. The molecule has 0 radical (unpaired) electrons. The van der Waals surface area contributed by atoms with Gasteiger partial charge in [-0.05, 0) is 31.2 Å². The van der Waals surface area contributed by atoms with Crippen molar-refractivity contribution in [3.63, 3.8) is 0 Å². The third-order valence-electron chi connectivity index (χ3n) is 5.36. The lowest BCUT2D eigenvalue weighted by Crippen LogP contribution is -2.35. The topological polar surface area (TPSA) is 57.9 Å². The van der Waals surface area contributed by atoms with Gasteiger partial charge in [-0.3, -0.25) is 14.2 Å².